The number of sulfonamides is 1. The quantitative estimate of drug-likeness (QED) is 0.715. The van der Waals surface area contributed by atoms with E-state index in [2.05, 4.69) is 10.0 Å². The maximum Gasteiger partial charge on any atom is 0.260 e. The Hall–Kier alpha value is -1.60. The van der Waals surface area contributed by atoms with Gasteiger partial charge in [-0.2, -0.15) is 0 Å². The van der Waals surface area contributed by atoms with Crippen LogP contribution in [0.25, 0.3) is 0 Å². The SMILES string of the molecule is Cc1ccc(OC(C)C(=O)NCCNS(C)(=O)=O)cc1. The van der Waals surface area contributed by atoms with Gasteiger partial charge >= 0.3 is 0 Å². The first-order valence-electron chi connectivity index (χ1n) is 6.23. The van der Waals surface area contributed by atoms with Crippen LogP contribution in [-0.2, 0) is 14.8 Å². The summed E-state index contributed by atoms with van der Waals surface area (Å²) < 4.78 is 29.4. The first-order valence-corrected chi connectivity index (χ1v) is 8.13. The first-order chi connectivity index (χ1) is 9.28. The van der Waals surface area contributed by atoms with E-state index in [-0.39, 0.29) is 19.0 Å². The van der Waals surface area contributed by atoms with Gasteiger partial charge in [-0.1, -0.05) is 17.7 Å². The highest BCUT2D eigenvalue weighted by molar-refractivity contribution is 7.88. The largest absolute Gasteiger partial charge is 0.481 e. The summed E-state index contributed by atoms with van der Waals surface area (Å²) in [5.74, 6) is 0.327. The molecule has 0 aliphatic heterocycles. The highest BCUT2D eigenvalue weighted by Crippen LogP contribution is 2.13. The van der Waals surface area contributed by atoms with Gasteiger partial charge in [0.15, 0.2) is 6.10 Å². The summed E-state index contributed by atoms with van der Waals surface area (Å²) >= 11 is 0. The van der Waals surface area contributed by atoms with Crippen molar-refractivity contribution < 1.29 is 17.9 Å². The fourth-order valence-corrected chi connectivity index (χ4v) is 1.91. The minimum atomic E-state index is -3.23. The molecule has 1 atom stereocenters. The van der Waals surface area contributed by atoms with E-state index < -0.39 is 16.1 Å². The van der Waals surface area contributed by atoms with E-state index in [4.69, 9.17) is 4.74 Å². The number of hydrogen-bond donors (Lipinski definition) is 2. The molecule has 1 aromatic rings. The number of rotatable bonds is 7. The van der Waals surface area contributed by atoms with Crippen LogP contribution < -0.4 is 14.8 Å². The number of amides is 1. The Morgan fingerprint density at radius 3 is 2.40 bits per heavy atom. The van der Waals surface area contributed by atoms with Gasteiger partial charge in [0.2, 0.25) is 10.0 Å². The van der Waals surface area contributed by atoms with E-state index in [1.54, 1.807) is 19.1 Å². The molecule has 0 saturated carbocycles. The number of benzene rings is 1. The summed E-state index contributed by atoms with van der Waals surface area (Å²) in [6.07, 6.45) is 0.425. The zero-order valence-electron chi connectivity index (χ0n) is 11.8. The normalized spacial score (nSPS) is 12.8. The molecule has 2 N–H and O–H groups in total. The molecular formula is C13H20N2O4S. The van der Waals surface area contributed by atoms with Crippen LogP contribution in [-0.4, -0.2) is 39.8 Å². The summed E-state index contributed by atoms with van der Waals surface area (Å²) in [5, 5.41) is 2.60. The van der Waals surface area contributed by atoms with Gasteiger partial charge in [-0.25, -0.2) is 13.1 Å². The van der Waals surface area contributed by atoms with E-state index in [1.165, 1.54) is 0 Å². The summed E-state index contributed by atoms with van der Waals surface area (Å²) in [7, 11) is -3.23. The third-order valence-corrected chi connectivity index (χ3v) is 3.22. The molecule has 0 aromatic heterocycles. The molecule has 0 heterocycles. The molecule has 1 aromatic carbocycles. The maximum absolute atomic E-state index is 11.7. The Morgan fingerprint density at radius 2 is 1.85 bits per heavy atom. The van der Waals surface area contributed by atoms with Crippen molar-refractivity contribution in [3.8, 4) is 5.75 Å². The summed E-state index contributed by atoms with van der Waals surface area (Å²) in [6, 6.07) is 7.39. The lowest BCUT2D eigenvalue weighted by molar-refractivity contribution is -0.127. The van der Waals surface area contributed by atoms with Crippen molar-refractivity contribution in [2.45, 2.75) is 20.0 Å². The number of ether oxygens (including phenoxy) is 1. The first kappa shape index (κ1) is 16.5. The van der Waals surface area contributed by atoms with Gasteiger partial charge in [0.25, 0.3) is 5.91 Å². The van der Waals surface area contributed by atoms with E-state index >= 15 is 0 Å². The van der Waals surface area contributed by atoms with Crippen molar-refractivity contribution in [3.05, 3.63) is 29.8 Å². The fraction of sp³-hybridized carbons (Fsp3) is 0.462. The van der Waals surface area contributed by atoms with Gasteiger partial charge in [-0.15, -0.1) is 0 Å². The molecule has 0 aliphatic carbocycles. The third-order valence-electron chi connectivity index (χ3n) is 2.49. The van der Waals surface area contributed by atoms with Crippen LogP contribution >= 0.6 is 0 Å². The zero-order chi connectivity index (χ0) is 15.2. The highest BCUT2D eigenvalue weighted by Gasteiger charge is 2.14. The second kappa shape index (κ2) is 7.25. The zero-order valence-corrected chi connectivity index (χ0v) is 12.7. The molecule has 0 bridgehead atoms. The lowest BCUT2D eigenvalue weighted by Gasteiger charge is -2.14. The van der Waals surface area contributed by atoms with E-state index in [0.717, 1.165) is 11.8 Å². The molecule has 1 rings (SSSR count). The standard InChI is InChI=1S/C13H20N2O4S/c1-10-4-6-12(7-5-10)19-11(2)13(16)14-8-9-15-20(3,17)18/h4-7,11,15H,8-9H2,1-3H3,(H,14,16). The molecule has 1 amide bonds. The number of hydrogen-bond acceptors (Lipinski definition) is 4. The predicted molar refractivity (Wildman–Crippen MR) is 77.1 cm³/mol. The Morgan fingerprint density at radius 1 is 1.25 bits per heavy atom. The topological polar surface area (TPSA) is 84.5 Å². The van der Waals surface area contributed by atoms with Gasteiger partial charge in [0, 0.05) is 13.1 Å². The smallest absolute Gasteiger partial charge is 0.260 e. The molecule has 112 valence electrons. The van der Waals surface area contributed by atoms with E-state index in [1.807, 2.05) is 19.1 Å². The molecule has 0 fully saturated rings. The Kier molecular flexibility index (Phi) is 5.97. The summed E-state index contributed by atoms with van der Waals surface area (Å²) in [4.78, 5) is 11.7. The summed E-state index contributed by atoms with van der Waals surface area (Å²) in [6.45, 7) is 3.98. The van der Waals surface area contributed by atoms with Crippen LogP contribution in [0.1, 0.15) is 12.5 Å². The van der Waals surface area contributed by atoms with Gasteiger partial charge in [-0.3, -0.25) is 4.79 Å². The number of aryl methyl sites for hydroxylation is 1. The predicted octanol–water partition coefficient (Wildman–Crippen LogP) is 0.428. The number of nitrogens with one attached hydrogen (secondary N) is 2. The molecule has 0 radical (unpaired) electrons. The molecule has 7 heteroatoms. The minimum Gasteiger partial charge on any atom is -0.481 e. The van der Waals surface area contributed by atoms with Crippen LogP contribution in [0.15, 0.2) is 24.3 Å². The van der Waals surface area contributed by atoms with Gasteiger partial charge in [-0.05, 0) is 26.0 Å². The van der Waals surface area contributed by atoms with Crippen LogP contribution in [0.4, 0.5) is 0 Å². The van der Waals surface area contributed by atoms with Crippen molar-refractivity contribution >= 4 is 15.9 Å². The van der Waals surface area contributed by atoms with E-state index in [0.29, 0.717) is 5.75 Å². The van der Waals surface area contributed by atoms with Crippen LogP contribution in [0.5, 0.6) is 5.75 Å². The van der Waals surface area contributed by atoms with Gasteiger partial charge in [0.05, 0.1) is 6.26 Å². The second-order valence-corrected chi connectivity index (χ2v) is 6.36. The Balaban J connectivity index is 2.34. The van der Waals surface area contributed by atoms with Crippen molar-refractivity contribution in [3.63, 3.8) is 0 Å². The maximum atomic E-state index is 11.7. The van der Waals surface area contributed by atoms with E-state index in [9.17, 15) is 13.2 Å². The van der Waals surface area contributed by atoms with Crippen LogP contribution in [0.3, 0.4) is 0 Å². The van der Waals surface area contributed by atoms with Crippen molar-refractivity contribution in [1.82, 2.24) is 10.0 Å². The molecule has 20 heavy (non-hydrogen) atoms. The molecule has 6 nitrogen and oxygen atoms in total. The molecule has 0 aliphatic rings. The Labute approximate surface area is 119 Å². The average Bonchev–Trinajstić information content (AvgIpc) is 2.36. The van der Waals surface area contributed by atoms with Crippen molar-refractivity contribution in [2.75, 3.05) is 19.3 Å². The van der Waals surface area contributed by atoms with Crippen LogP contribution in [0, 0.1) is 6.92 Å². The van der Waals surface area contributed by atoms with Gasteiger partial charge in [0.1, 0.15) is 5.75 Å². The Bertz CT molecular complexity index is 540. The number of carbonyl (C=O) groups excluding carboxylic acids is 1. The summed E-state index contributed by atoms with van der Waals surface area (Å²) in [5.41, 5.74) is 1.11. The lowest BCUT2D eigenvalue weighted by Crippen LogP contribution is -2.40. The minimum absolute atomic E-state index is 0.155. The monoisotopic (exact) mass is 300 g/mol. The average molecular weight is 300 g/mol. The molecule has 0 saturated heterocycles. The lowest BCUT2D eigenvalue weighted by atomic mass is 10.2. The fourth-order valence-electron chi connectivity index (χ4n) is 1.44. The third kappa shape index (κ3) is 6.53. The van der Waals surface area contributed by atoms with Crippen molar-refractivity contribution in [1.29, 1.82) is 0 Å². The second-order valence-electron chi connectivity index (χ2n) is 4.53. The number of carbonyl (C=O) groups is 1. The molecule has 1 unspecified atom stereocenters. The van der Waals surface area contributed by atoms with Gasteiger partial charge < -0.3 is 10.1 Å². The molecular weight excluding hydrogens is 280 g/mol. The highest BCUT2D eigenvalue weighted by atomic mass is 32.2. The van der Waals surface area contributed by atoms with Crippen molar-refractivity contribution in [2.24, 2.45) is 0 Å². The van der Waals surface area contributed by atoms with Crippen LogP contribution in [0.2, 0.25) is 0 Å². The molecule has 0 spiro atoms.